The third kappa shape index (κ3) is 4.50. The van der Waals surface area contributed by atoms with E-state index in [0.717, 1.165) is 10.5 Å². The highest BCUT2D eigenvalue weighted by Crippen LogP contribution is 2.25. The first-order valence-corrected chi connectivity index (χ1v) is 7.37. The number of anilines is 1. The molecular weight excluding hydrogens is 412 g/mol. The van der Waals surface area contributed by atoms with Gasteiger partial charge in [-0.3, -0.25) is 4.79 Å². The summed E-state index contributed by atoms with van der Waals surface area (Å²) in [4.78, 5) is 11.7. The number of carbonyl (C=O) groups excluding carboxylic acids is 1. The minimum absolute atomic E-state index is 0.323. The highest BCUT2D eigenvalue weighted by atomic mass is 79.9. The second-order valence-corrected chi connectivity index (χ2v) is 5.88. The van der Waals surface area contributed by atoms with Gasteiger partial charge in [-0.25, -0.2) is 4.39 Å². The molecule has 2 aromatic rings. The number of nitrogens with one attached hydrogen (secondary N) is 1. The van der Waals surface area contributed by atoms with Crippen molar-refractivity contribution in [2.75, 3.05) is 11.9 Å². The number of ether oxygens (including phenoxy) is 1. The van der Waals surface area contributed by atoms with Gasteiger partial charge in [0.05, 0.1) is 0 Å². The van der Waals surface area contributed by atoms with Crippen molar-refractivity contribution in [1.29, 1.82) is 0 Å². The van der Waals surface area contributed by atoms with E-state index in [1.54, 1.807) is 18.2 Å². The number of rotatable bonds is 4. The van der Waals surface area contributed by atoms with Crippen LogP contribution in [0.2, 0.25) is 0 Å². The molecule has 7 heteroatoms. The van der Waals surface area contributed by atoms with Crippen LogP contribution in [0.5, 0.6) is 5.75 Å². The predicted octanol–water partition coefficient (Wildman–Crippen LogP) is 4.51. The molecule has 21 heavy (non-hydrogen) atoms. The summed E-state index contributed by atoms with van der Waals surface area (Å²) in [5, 5.41) is 2.58. The standard InChI is InChI=1S/C14H9Br2F2NO2/c15-8-2-1-3-10(4-8)19-13(20)7-21-12-6-9(16)5-11(17)14(12)18/h1-6H,7H2,(H,19,20). The van der Waals surface area contributed by atoms with Gasteiger partial charge in [-0.1, -0.05) is 37.9 Å². The quantitative estimate of drug-likeness (QED) is 0.739. The van der Waals surface area contributed by atoms with Gasteiger partial charge in [-0.05, 0) is 30.3 Å². The molecule has 0 fully saturated rings. The van der Waals surface area contributed by atoms with Crippen molar-refractivity contribution in [3.05, 3.63) is 57.0 Å². The first-order valence-electron chi connectivity index (χ1n) is 5.78. The molecule has 0 spiro atoms. The van der Waals surface area contributed by atoms with Gasteiger partial charge in [-0.2, -0.15) is 4.39 Å². The molecule has 0 unspecified atom stereocenters. The van der Waals surface area contributed by atoms with E-state index in [-0.39, 0.29) is 5.75 Å². The van der Waals surface area contributed by atoms with Crippen LogP contribution in [0.15, 0.2) is 45.3 Å². The monoisotopic (exact) mass is 419 g/mol. The Labute approximate surface area is 136 Å². The average Bonchev–Trinajstić information content (AvgIpc) is 2.41. The highest BCUT2D eigenvalue weighted by molar-refractivity contribution is 9.10. The maximum Gasteiger partial charge on any atom is 0.262 e. The number of hydrogen-bond donors (Lipinski definition) is 1. The highest BCUT2D eigenvalue weighted by Gasteiger charge is 2.13. The van der Waals surface area contributed by atoms with Crippen molar-refractivity contribution in [3.8, 4) is 5.75 Å². The van der Waals surface area contributed by atoms with Gasteiger partial charge in [-0.15, -0.1) is 0 Å². The summed E-state index contributed by atoms with van der Waals surface area (Å²) in [6.07, 6.45) is 0. The Hall–Kier alpha value is -1.47. The van der Waals surface area contributed by atoms with Crippen LogP contribution >= 0.6 is 31.9 Å². The summed E-state index contributed by atoms with van der Waals surface area (Å²) in [5.41, 5.74) is 0.568. The SMILES string of the molecule is O=C(COc1cc(Br)cc(F)c1F)Nc1cccc(Br)c1. The Morgan fingerprint density at radius 3 is 2.62 bits per heavy atom. The molecule has 0 aliphatic carbocycles. The van der Waals surface area contributed by atoms with Crippen LogP contribution in [0.4, 0.5) is 14.5 Å². The van der Waals surface area contributed by atoms with Crippen LogP contribution in [0.1, 0.15) is 0 Å². The summed E-state index contributed by atoms with van der Waals surface area (Å²) in [5.74, 6) is -2.99. The Morgan fingerprint density at radius 2 is 1.90 bits per heavy atom. The molecule has 2 rings (SSSR count). The second kappa shape index (κ2) is 7.00. The first kappa shape index (κ1) is 15.9. The summed E-state index contributed by atoms with van der Waals surface area (Å²) in [6.45, 7) is -0.431. The summed E-state index contributed by atoms with van der Waals surface area (Å²) in [7, 11) is 0. The predicted molar refractivity (Wildman–Crippen MR) is 82.3 cm³/mol. The molecule has 0 saturated carbocycles. The Bertz CT molecular complexity index is 680. The van der Waals surface area contributed by atoms with Gasteiger partial charge in [0.2, 0.25) is 5.82 Å². The number of hydrogen-bond acceptors (Lipinski definition) is 2. The van der Waals surface area contributed by atoms with Crippen molar-refractivity contribution in [2.45, 2.75) is 0 Å². The van der Waals surface area contributed by atoms with E-state index >= 15 is 0 Å². The Kier molecular flexibility index (Phi) is 5.30. The molecule has 1 N–H and O–H groups in total. The number of halogens is 4. The maximum atomic E-state index is 13.5. The fourth-order valence-electron chi connectivity index (χ4n) is 1.54. The molecule has 0 radical (unpaired) electrons. The van der Waals surface area contributed by atoms with Crippen LogP contribution in [-0.2, 0) is 4.79 Å². The lowest BCUT2D eigenvalue weighted by Crippen LogP contribution is -2.20. The Balaban J connectivity index is 1.98. The topological polar surface area (TPSA) is 38.3 Å². The van der Waals surface area contributed by atoms with Gasteiger partial charge in [0.15, 0.2) is 18.2 Å². The minimum Gasteiger partial charge on any atom is -0.481 e. The third-order valence-corrected chi connectivity index (χ3v) is 3.38. The van der Waals surface area contributed by atoms with Crippen LogP contribution in [0, 0.1) is 11.6 Å². The fourth-order valence-corrected chi connectivity index (χ4v) is 2.35. The Morgan fingerprint density at radius 1 is 1.14 bits per heavy atom. The summed E-state index contributed by atoms with van der Waals surface area (Å²) < 4.78 is 32.7. The van der Waals surface area contributed by atoms with Gasteiger partial charge < -0.3 is 10.1 Å². The van der Waals surface area contributed by atoms with Crippen molar-refractivity contribution in [2.24, 2.45) is 0 Å². The van der Waals surface area contributed by atoms with E-state index in [1.165, 1.54) is 6.07 Å². The fraction of sp³-hybridized carbons (Fsp3) is 0.0714. The molecule has 1 amide bonds. The molecule has 2 aromatic carbocycles. The zero-order valence-electron chi connectivity index (χ0n) is 10.5. The normalized spacial score (nSPS) is 10.3. The van der Waals surface area contributed by atoms with Crippen molar-refractivity contribution >= 4 is 43.5 Å². The van der Waals surface area contributed by atoms with E-state index in [1.807, 2.05) is 6.07 Å². The van der Waals surface area contributed by atoms with E-state index in [0.29, 0.717) is 10.2 Å². The molecule has 0 heterocycles. The van der Waals surface area contributed by atoms with Crippen LogP contribution in [-0.4, -0.2) is 12.5 Å². The lowest BCUT2D eigenvalue weighted by molar-refractivity contribution is -0.118. The summed E-state index contributed by atoms with van der Waals surface area (Å²) in [6, 6.07) is 9.20. The average molecular weight is 421 g/mol. The zero-order valence-corrected chi connectivity index (χ0v) is 13.7. The van der Waals surface area contributed by atoms with Crippen molar-refractivity contribution in [3.63, 3.8) is 0 Å². The van der Waals surface area contributed by atoms with Crippen LogP contribution in [0.25, 0.3) is 0 Å². The lowest BCUT2D eigenvalue weighted by atomic mass is 10.3. The molecule has 0 aromatic heterocycles. The molecule has 3 nitrogen and oxygen atoms in total. The number of benzene rings is 2. The van der Waals surface area contributed by atoms with E-state index in [4.69, 9.17) is 4.74 Å². The van der Waals surface area contributed by atoms with Gasteiger partial charge in [0.1, 0.15) is 0 Å². The van der Waals surface area contributed by atoms with Gasteiger partial charge >= 0.3 is 0 Å². The second-order valence-electron chi connectivity index (χ2n) is 4.05. The van der Waals surface area contributed by atoms with E-state index < -0.39 is 24.1 Å². The number of carbonyl (C=O) groups is 1. The molecular formula is C14H9Br2F2NO2. The van der Waals surface area contributed by atoms with Crippen molar-refractivity contribution in [1.82, 2.24) is 0 Å². The van der Waals surface area contributed by atoms with Gasteiger partial charge in [0.25, 0.3) is 5.91 Å². The molecule has 0 aliphatic rings. The first-order chi connectivity index (χ1) is 9.95. The van der Waals surface area contributed by atoms with Crippen molar-refractivity contribution < 1.29 is 18.3 Å². The zero-order chi connectivity index (χ0) is 15.4. The van der Waals surface area contributed by atoms with E-state index in [2.05, 4.69) is 37.2 Å². The number of amides is 1. The molecule has 0 bridgehead atoms. The largest absolute Gasteiger partial charge is 0.481 e. The van der Waals surface area contributed by atoms with Gasteiger partial charge in [0, 0.05) is 14.6 Å². The van der Waals surface area contributed by atoms with E-state index in [9.17, 15) is 13.6 Å². The molecule has 110 valence electrons. The summed E-state index contributed by atoms with van der Waals surface area (Å²) >= 11 is 6.30. The van der Waals surface area contributed by atoms with Crippen LogP contribution in [0.3, 0.4) is 0 Å². The lowest BCUT2D eigenvalue weighted by Gasteiger charge is -2.09. The maximum absolute atomic E-state index is 13.5. The minimum atomic E-state index is -1.13. The smallest absolute Gasteiger partial charge is 0.262 e. The molecule has 0 atom stereocenters. The third-order valence-electron chi connectivity index (χ3n) is 2.43. The molecule has 0 saturated heterocycles. The molecule has 0 aliphatic heterocycles. The van der Waals surface area contributed by atoms with Crippen LogP contribution < -0.4 is 10.1 Å².